The Morgan fingerprint density at radius 2 is 2.16 bits per heavy atom. The number of nitrogens with zero attached hydrogens (tertiary/aromatic N) is 2. The van der Waals surface area contributed by atoms with Crippen LogP contribution >= 0.6 is 0 Å². The van der Waals surface area contributed by atoms with Gasteiger partial charge in [-0.2, -0.15) is 0 Å². The van der Waals surface area contributed by atoms with Crippen LogP contribution in [-0.4, -0.2) is 35.4 Å². The first-order valence-corrected chi connectivity index (χ1v) is 9.19. The smallest absolute Gasteiger partial charge is 0.125 e. The van der Waals surface area contributed by atoms with Crippen LogP contribution in [0.3, 0.4) is 0 Å². The first-order chi connectivity index (χ1) is 12.2. The van der Waals surface area contributed by atoms with Gasteiger partial charge in [-0.15, -0.1) is 0 Å². The van der Waals surface area contributed by atoms with E-state index < -0.39 is 0 Å². The summed E-state index contributed by atoms with van der Waals surface area (Å²) in [5.74, 6) is 1.45. The predicted molar refractivity (Wildman–Crippen MR) is 97.8 cm³/mol. The largest absolute Gasteiger partial charge is 0.497 e. The highest BCUT2D eigenvalue weighted by Crippen LogP contribution is 2.54. The maximum absolute atomic E-state index is 11.9. The van der Waals surface area contributed by atoms with Crippen molar-refractivity contribution in [3.8, 4) is 5.75 Å². The zero-order valence-corrected chi connectivity index (χ0v) is 15.0. The van der Waals surface area contributed by atoms with Gasteiger partial charge in [0.25, 0.3) is 0 Å². The molecule has 1 unspecified atom stereocenters. The minimum Gasteiger partial charge on any atom is -0.497 e. The number of benzene rings is 1. The monoisotopic (exact) mass is 336 g/mol. The average molecular weight is 336 g/mol. The second-order valence-electron chi connectivity index (χ2n) is 7.68. The molecule has 6 rings (SSSR count). The fourth-order valence-corrected chi connectivity index (χ4v) is 5.72. The van der Waals surface area contributed by atoms with Crippen LogP contribution in [0.15, 0.2) is 29.8 Å². The van der Waals surface area contributed by atoms with Gasteiger partial charge in [0.2, 0.25) is 0 Å². The second-order valence-corrected chi connectivity index (χ2v) is 7.68. The van der Waals surface area contributed by atoms with Crippen molar-refractivity contribution < 1.29 is 9.53 Å². The minimum absolute atomic E-state index is 0.130. The first-order valence-electron chi connectivity index (χ1n) is 9.19. The molecule has 0 amide bonds. The van der Waals surface area contributed by atoms with Crippen LogP contribution in [0.25, 0.3) is 10.9 Å². The van der Waals surface area contributed by atoms with E-state index in [1.54, 1.807) is 7.11 Å². The molecule has 0 saturated carbocycles. The predicted octanol–water partition coefficient (Wildman–Crippen LogP) is 3.25. The van der Waals surface area contributed by atoms with Crippen LogP contribution in [0.4, 0.5) is 0 Å². The number of piperidine rings is 3. The lowest BCUT2D eigenvalue weighted by molar-refractivity contribution is -0.121. The molecule has 2 aromatic rings. The van der Waals surface area contributed by atoms with E-state index in [-0.39, 0.29) is 5.92 Å². The Labute approximate surface area is 148 Å². The van der Waals surface area contributed by atoms with Crippen LogP contribution < -0.4 is 4.74 Å². The Balaban J connectivity index is 1.72. The van der Waals surface area contributed by atoms with E-state index in [1.165, 1.54) is 34.0 Å². The van der Waals surface area contributed by atoms with Crippen molar-refractivity contribution in [3.63, 3.8) is 0 Å². The van der Waals surface area contributed by atoms with Crippen molar-refractivity contribution in [2.24, 2.45) is 18.9 Å². The van der Waals surface area contributed by atoms with Crippen molar-refractivity contribution >= 4 is 17.2 Å². The van der Waals surface area contributed by atoms with E-state index in [9.17, 15) is 4.79 Å². The lowest BCUT2D eigenvalue weighted by atomic mass is 9.64. The molecule has 5 atom stereocenters. The van der Waals surface area contributed by atoms with Crippen molar-refractivity contribution in [1.29, 1.82) is 0 Å². The fourth-order valence-electron chi connectivity index (χ4n) is 5.72. The molecule has 0 spiro atoms. The highest BCUT2D eigenvalue weighted by atomic mass is 16.5. The topological polar surface area (TPSA) is 34.5 Å². The van der Waals surface area contributed by atoms with Crippen LogP contribution in [0.1, 0.15) is 30.6 Å². The van der Waals surface area contributed by atoms with Crippen molar-refractivity contribution in [1.82, 2.24) is 9.47 Å². The maximum atomic E-state index is 11.9. The summed E-state index contributed by atoms with van der Waals surface area (Å²) in [7, 11) is 3.90. The van der Waals surface area contributed by atoms with E-state index in [0.29, 0.717) is 18.0 Å². The molecule has 4 heteroatoms. The summed E-state index contributed by atoms with van der Waals surface area (Å²) >= 11 is 0. The Kier molecular flexibility index (Phi) is 3.17. The molecule has 4 bridgehead atoms. The third kappa shape index (κ3) is 1.83. The van der Waals surface area contributed by atoms with Gasteiger partial charge in [0.1, 0.15) is 12.0 Å². The molecule has 0 radical (unpaired) electrons. The third-order valence-corrected chi connectivity index (χ3v) is 6.87. The number of ether oxygens (including phenoxy) is 1. The average Bonchev–Trinajstić information content (AvgIpc) is 2.93. The summed E-state index contributed by atoms with van der Waals surface area (Å²) in [4.78, 5) is 14.5. The van der Waals surface area contributed by atoms with E-state index >= 15 is 0 Å². The summed E-state index contributed by atoms with van der Waals surface area (Å²) in [6.07, 6.45) is 5.48. The lowest BCUT2D eigenvalue weighted by Gasteiger charge is -2.57. The molecule has 0 aliphatic carbocycles. The molecule has 4 aliphatic rings. The van der Waals surface area contributed by atoms with Crippen molar-refractivity contribution in [2.75, 3.05) is 13.7 Å². The van der Waals surface area contributed by atoms with Gasteiger partial charge in [0.15, 0.2) is 0 Å². The van der Waals surface area contributed by atoms with Gasteiger partial charge in [0, 0.05) is 42.1 Å². The molecule has 25 heavy (non-hydrogen) atoms. The molecule has 0 N–H and O–H groups in total. The van der Waals surface area contributed by atoms with E-state index in [4.69, 9.17) is 4.74 Å². The first kappa shape index (κ1) is 15.2. The highest BCUT2D eigenvalue weighted by Gasteiger charge is 2.53. The number of carbonyl (C=O) groups is 1. The molecule has 1 aromatic carbocycles. The fraction of sp³-hybridized carbons (Fsp3) is 0.476. The zero-order valence-electron chi connectivity index (χ0n) is 15.0. The number of aryl methyl sites for hydroxylation is 1. The minimum atomic E-state index is 0.130. The van der Waals surface area contributed by atoms with Crippen LogP contribution in [-0.2, 0) is 18.3 Å². The van der Waals surface area contributed by atoms with Gasteiger partial charge in [0.05, 0.1) is 13.2 Å². The number of allylic oxidation sites excluding steroid dienone is 1. The quantitative estimate of drug-likeness (QED) is 0.624. The van der Waals surface area contributed by atoms with Gasteiger partial charge in [-0.3, -0.25) is 4.90 Å². The number of hydrogen-bond donors (Lipinski definition) is 0. The SMILES string of the molecule is CC=C1CN2[C@H]3C[C@@H]1[C@H](C=O)[C@@H]2Cc1c3n(C)c2ccc(OC)cc12. The standard InChI is InChI=1S/C21H24N2O2/c1-4-12-10-23-19-9-16-15-7-13(25-3)5-6-18(15)22(2)21(16)20(23)8-14(12)17(19)11-24/h4-7,11,14,17,19-20H,8-10H2,1-3H3/t14-,17-,19-,20-/m0/s1. The number of hydrogen-bond acceptors (Lipinski definition) is 3. The molecule has 4 nitrogen and oxygen atoms in total. The number of methoxy groups -OCH3 is 1. The Morgan fingerprint density at radius 1 is 1.32 bits per heavy atom. The van der Waals surface area contributed by atoms with Gasteiger partial charge >= 0.3 is 0 Å². The third-order valence-electron chi connectivity index (χ3n) is 6.87. The number of rotatable bonds is 2. The molecule has 3 saturated heterocycles. The Hall–Kier alpha value is -2.07. The van der Waals surface area contributed by atoms with Crippen LogP contribution in [0.2, 0.25) is 0 Å². The molecule has 130 valence electrons. The Bertz CT molecular complexity index is 910. The van der Waals surface area contributed by atoms with Crippen LogP contribution in [0, 0.1) is 11.8 Å². The summed E-state index contributed by atoms with van der Waals surface area (Å²) in [5.41, 5.74) is 5.60. The number of fused-ring (bicyclic) bond motifs is 4. The van der Waals surface area contributed by atoms with Gasteiger partial charge in [-0.05, 0) is 49.4 Å². The highest BCUT2D eigenvalue weighted by molar-refractivity contribution is 5.87. The number of aromatic nitrogens is 1. The number of aldehydes is 1. The second kappa shape index (κ2) is 5.21. The number of carbonyl (C=O) groups excluding carboxylic acids is 1. The molecule has 4 aliphatic heterocycles. The molecule has 3 fully saturated rings. The van der Waals surface area contributed by atoms with Gasteiger partial charge in [-0.25, -0.2) is 0 Å². The van der Waals surface area contributed by atoms with Crippen molar-refractivity contribution in [3.05, 3.63) is 41.1 Å². The van der Waals surface area contributed by atoms with Crippen molar-refractivity contribution in [2.45, 2.75) is 31.8 Å². The summed E-state index contributed by atoms with van der Waals surface area (Å²) < 4.78 is 7.83. The van der Waals surface area contributed by atoms with E-state index in [1.807, 2.05) is 6.07 Å². The maximum Gasteiger partial charge on any atom is 0.125 e. The Morgan fingerprint density at radius 3 is 2.88 bits per heavy atom. The van der Waals surface area contributed by atoms with E-state index in [0.717, 1.165) is 25.1 Å². The lowest BCUT2D eigenvalue weighted by Crippen LogP contribution is -2.60. The van der Waals surface area contributed by atoms with Crippen LogP contribution in [0.5, 0.6) is 5.75 Å². The molecular formula is C21H24N2O2. The van der Waals surface area contributed by atoms with Gasteiger partial charge in [-0.1, -0.05) is 11.6 Å². The summed E-state index contributed by atoms with van der Waals surface area (Å²) in [6.45, 7) is 3.13. The molecule has 5 heterocycles. The molecular weight excluding hydrogens is 312 g/mol. The summed E-state index contributed by atoms with van der Waals surface area (Å²) in [5, 5.41) is 1.29. The van der Waals surface area contributed by atoms with E-state index in [2.05, 4.69) is 41.6 Å². The molecule has 1 aromatic heterocycles. The zero-order chi connectivity index (χ0) is 17.3. The normalized spacial score (nSPS) is 34.4. The van der Waals surface area contributed by atoms with Gasteiger partial charge < -0.3 is 14.1 Å². The summed E-state index contributed by atoms with van der Waals surface area (Å²) in [6, 6.07) is 7.14.